The average Bonchev–Trinajstić information content (AvgIpc) is 3.18. The van der Waals surface area contributed by atoms with Crippen LogP contribution in [-0.2, 0) is 35.1 Å². The van der Waals surface area contributed by atoms with Crippen LogP contribution in [0.2, 0.25) is 0 Å². The van der Waals surface area contributed by atoms with E-state index in [1.54, 1.807) is 14.0 Å². The highest BCUT2D eigenvalue weighted by atomic mass is 16.7. The summed E-state index contributed by atoms with van der Waals surface area (Å²) in [4.78, 5) is 17.6. The van der Waals surface area contributed by atoms with Gasteiger partial charge in [-0.25, -0.2) is 0 Å². The number of carbonyl (C=O) groups excluding carboxylic acids is 1. The fourth-order valence-corrected chi connectivity index (χ4v) is 3.89. The number of nitrogens with zero attached hydrogens (tertiary/aromatic N) is 1. The van der Waals surface area contributed by atoms with Gasteiger partial charge in [0.05, 0.1) is 26.4 Å². The minimum absolute atomic E-state index is 0.0790. The first-order chi connectivity index (χ1) is 15.5. The quantitative estimate of drug-likeness (QED) is 0.232. The van der Waals surface area contributed by atoms with E-state index in [2.05, 4.69) is 12.1 Å². The number of esters is 1. The van der Waals surface area contributed by atoms with Crippen LogP contribution in [0.1, 0.15) is 51.0 Å². The minimum Gasteiger partial charge on any atom is -0.469 e. The monoisotopic (exact) mass is 453 g/mol. The molecule has 32 heavy (non-hydrogen) atoms. The minimum atomic E-state index is -0.691. The maximum Gasteiger partial charge on any atom is 0.305 e. The molecular weight excluding hydrogens is 414 g/mol. The normalized spacial score (nSPS) is 20.9. The molecule has 1 aliphatic rings. The first-order valence-corrected chi connectivity index (χ1v) is 11.5. The van der Waals surface area contributed by atoms with Crippen LogP contribution in [0, 0.1) is 0 Å². The summed E-state index contributed by atoms with van der Waals surface area (Å²) in [6.07, 6.45) is 3.49. The lowest BCUT2D eigenvalue weighted by molar-refractivity contribution is -0.226. The van der Waals surface area contributed by atoms with Crippen LogP contribution < -0.4 is 0 Å². The van der Waals surface area contributed by atoms with Crippen molar-refractivity contribution in [1.29, 1.82) is 0 Å². The standard InChI is InChI=1S/C24H39NO7/c1-19(26)24(31-18-30-15-14-28-2)22-16-21(12-8-5-9-13-23(27)29-3)25(32-22)17-20-10-6-4-7-11-20/h4,6-7,10-11,19,21-22,24,26H,5,8-9,12-18H2,1-3H3/t19-,21-,22-,24-/m1/s1. The van der Waals surface area contributed by atoms with Gasteiger partial charge in [0.2, 0.25) is 0 Å². The van der Waals surface area contributed by atoms with Crippen molar-refractivity contribution in [2.24, 2.45) is 0 Å². The van der Waals surface area contributed by atoms with E-state index in [1.807, 2.05) is 23.3 Å². The molecule has 0 saturated carbocycles. The van der Waals surface area contributed by atoms with Crippen LogP contribution in [0.5, 0.6) is 0 Å². The van der Waals surface area contributed by atoms with Gasteiger partial charge < -0.3 is 24.1 Å². The molecule has 0 radical (unpaired) electrons. The van der Waals surface area contributed by atoms with Gasteiger partial charge in [-0.1, -0.05) is 43.2 Å². The van der Waals surface area contributed by atoms with E-state index >= 15 is 0 Å². The van der Waals surface area contributed by atoms with Crippen LogP contribution in [0.3, 0.4) is 0 Å². The summed E-state index contributed by atoms with van der Waals surface area (Å²) in [5.41, 5.74) is 1.17. The molecule has 0 bridgehead atoms. The largest absolute Gasteiger partial charge is 0.469 e. The molecule has 0 amide bonds. The van der Waals surface area contributed by atoms with Gasteiger partial charge in [0, 0.05) is 26.1 Å². The Morgan fingerprint density at radius 1 is 1.19 bits per heavy atom. The highest BCUT2D eigenvalue weighted by molar-refractivity contribution is 5.68. The Morgan fingerprint density at radius 3 is 2.66 bits per heavy atom. The van der Waals surface area contributed by atoms with Gasteiger partial charge in [-0.3, -0.25) is 9.63 Å². The zero-order valence-corrected chi connectivity index (χ0v) is 19.6. The number of aliphatic hydroxyl groups excluding tert-OH is 1. The van der Waals surface area contributed by atoms with E-state index in [9.17, 15) is 9.90 Å². The zero-order chi connectivity index (χ0) is 23.2. The van der Waals surface area contributed by atoms with Gasteiger partial charge in [-0.15, -0.1) is 0 Å². The van der Waals surface area contributed by atoms with Crippen LogP contribution >= 0.6 is 0 Å². The van der Waals surface area contributed by atoms with Crippen molar-refractivity contribution in [2.75, 3.05) is 34.2 Å². The number of hydrogen-bond donors (Lipinski definition) is 1. The van der Waals surface area contributed by atoms with E-state index in [0.29, 0.717) is 26.2 Å². The second-order valence-electron chi connectivity index (χ2n) is 8.16. The molecule has 2 rings (SSSR count). The third-order valence-electron chi connectivity index (χ3n) is 5.63. The van der Waals surface area contributed by atoms with Gasteiger partial charge in [-0.2, -0.15) is 5.06 Å². The Kier molecular flexibility index (Phi) is 12.8. The fourth-order valence-electron chi connectivity index (χ4n) is 3.89. The van der Waals surface area contributed by atoms with E-state index in [0.717, 1.165) is 32.1 Å². The first-order valence-electron chi connectivity index (χ1n) is 11.5. The van der Waals surface area contributed by atoms with Crippen molar-refractivity contribution in [1.82, 2.24) is 5.06 Å². The summed E-state index contributed by atoms with van der Waals surface area (Å²) < 4.78 is 20.9. The van der Waals surface area contributed by atoms with E-state index in [1.165, 1.54) is 12.7 Å². The number of ether oxygens (including phenoxy) is 4. The topological polar surface area (TPSA) is 86.7 Å². The Labute approximate surface area is 191 Å². The molecule has 8 heteroatoms. The van der Waals surface area contributed by atoms with Crippen molar-refractivity contribution in [2.45, 2.75) is 76.3 Å². The maximum atomic E-state index is 11.3. The van der Waals surface area contributed by atoms with Gasteiger partial charge >= 0.3 is 5.97 Å². The molecule has 0 spiro atoms. The van der Waals surface area contributed by atoms with Gasteiger partial charge in [0.25, 0.3) is 0 Å². The van der Waals surface area contributed by atoms with Gasteiger partial charge in [-0.05, 0) is 31.7 Å². The van der Waals surface area contributed by atoms with Crippen LogP contribution in [0.25, 0.3) is 0 Å². The lowest BCUT2D eigenvalue weighted by Crippen LogP contribution is -2.39. The Hall–Kier alpha value is -1.55. The molecule has 1 aromatic carbocycles. The third kappa shape index (κ3) is 9.52. The molecule has 1 N–H and O–H groups in total. The van der Waals surface area contributed by atoms with Crippen molar-refractivity contribution in [3.8, 4) is 0 Å². The summed E-state index contributed by atoms with van der Waals surface area (Å²) in [6.45, 7) is 3.38. The molecule has 182 valence electrons. The first kappa shape index (κ1) is 26.7. The SMILES string of the molecule is COCCOCO[C@H]([C@@H](C)O)[C@H]1C[C@@H](CCCCCC(=O)OC)N(Cc2ccccc2)O1. The van der Waals surface area contributed by atoms with Crippen molar-refractivity contribution >= 4 is 5.97 Å². The Bertz CT molecular complexity index is 628. The number of hydrogen-bond acceptors (Lipinski definition) is 8. The van der Waals surface area contributed by atoms with Gasteiger partial charge in [0.1, 0.15) is 19.0 Å². The molecule has 0 aliphatic carbocycles. The molecule has 8 nitrogen and oxygen atoms in total. The summed E-state index contributed by atoms with van der Waals surface area (Å²) in [6, 6.07) is 10.4. The second-order valence-corrected chi connectivity index (χ2v) is 8.16. The number of carbonyl (C=O) groups is 1. The van der Waals surface area contributed by atoms with Gasteiger partial charge in [0.15, 0.2) is 0 Å². The summed E-state index contributed by atoms with van der Waals surface area (Å²) in [5.74, 6) is -0.162. The summed E-state index contributed by atoms with van der Waals surface area (Å²) >= 11 is 0. The van der Waals surface area contributed by atoms with E-state index in [4.69, 9.17) is 23.8 Å². The Morgan fingerprint density at radius 2 is 1.97 bits per heavy atom. The second kappa shape index (κ2) is 15.3. The predicted octanol–water partition coefficient (Wildman–Crippen LogP) is 3.07. The number of hydroxylamine groups is 2. The molecule has 1 saturated heterocycles. The van der Waals surface area contributed by atoms with Crippen LogP contribution in [-0.4, -0.2) is 74.7 Å². The molecule has 1 aromatic rings. The highest BCUT2D eigenvalue weighted by Crippen LogP contribution is 2.31. The molecule has 0 unspecified atom stereocenters. The number of methoxy groups -OCH3 is 2. The lowest BCUT2D eigenvalue weighted by Gasteiger charge is -2.26. The number of unbranched alkanes of at least 4 members (excludes halogenated alkanes) is 2. The zero-order valence-electron chi connectivity index (χ0n) is 19.6. The lowest BCUT2D eigenvalue weighted by atomic mass is 9.98. The molecule has 4 atom stereocenters. The van der Waals surface area contributed by atoms with Crippen LogP contribution in [0.4, 0.5) is 0 Å². The Balaban J connectivity index is 1.92. The van der Waals surface area contributed by atoms with Crippen molar-refractivity contribution < 1.29 is 33.7 Å². The number of aliphatic hydroxyl groups is 1. The van der Waals surface area contributed by atoms with Crippen LogP contribution in [0.15, 0.2) is 30.3 Å². The highest BCUT2D eigenvalue weighted by Gasteiger charge is 2.40. The molecule has 1 fully saturated rings. The molecule has 1 heterocycles. The third-order valence-corrected chi connectivity index (χ3v) is 5.63. The molecule has 1 aliphatic heterocycles. The van der Waals surface area contributed by atoms with E-state index < -0.39 is 12.2 Å². The summed E-state index contributed by atoms with van der Waals surface area (Å²) in [5, 5.41) is 12.3. The molecular formula is C24H39NO7. The van der Waals surface area contributed by atoms with E-state index in [-0.39, 0.29) is 24.9 Å². The van der Waals surface area contributed by atoms with Crippen molar-refractivity contribution in [3.05, 3.63) is 35.9 Å². The number of benzene rings is 1. The smallest absolute Gasteiger partial charge is 0.305 e. The summed E-state index contributed by atoms with van der Waals surface area (Å²) in [7, 11) is 3.04. The maximum absolute atomic E-state index is 11.3. The fraction of sp³-hybridized carbons (Fsp3) is 0.708. The molecule has 0 aromatic heterocycles. The predicted molar refractivity (Wildman–Crippen MR) is 120 cm³/mol. The van der Waals surface area contributed by atoms with Crippen molar-refractivity contribution in [3.63, 3.8) is 0 Å². The average molecular weight is 454 g/mol. The number of rotatable bonds is 16.